The molecule has 8 heteroatoms. The van der Waals surface area contributed by atoms with Gasteiger partial charge < -0.3 is 24.3 Å². The predicted molar refractivity (Wildman–Crippen MR) is 110 cm³/mol. The fraction of sp³-hybridized carbons (Fsp3) is 0.571. The Hall–Kier alpha value is -2.61. The molecule has 0 radical (unpaired) electrons. The zero-order chi connectivity index (χ0) is 21.0. The molecule has 0 spiro atoms. The first kappa shape index (κ1) is 21.1. The Morgan fingerprint density at radius 3 is 2.52 bits per heavy atom. The first-order valence-electron chi connectivity index (χ1n) is 10.1. The van der Waals surface area contributed by atoms with Gasteiger partial charge in [-0.1, -0.05) is 0 Å². The predicted octanol–water partition coefficient (Wildman–Crippen LogP) is 2.57. The Kier molecular flexibility index (Phi) is 6.74. The molecule has 1 atom stereocenters. The molecule has 8 nitrogen and oxygen atoms in total. The average Bonchev–Trinajstić information content (AvgIpc) is 3.14. The van der Waals surface area contributed by atoms with Crippen molar-refractivity contribution in [3.05, 3.63) is 35.9 Å². The number of carbonyl (C=O) groups is 1. The molecule has 3 rings (SSSR count). The topological polar surface area (TPSA) is 81.5 Å². The van der Waals surface area contributed by atoms with Crippen LogP contribution in [0.2, 0.25) is 0 Å². The molecule has 1 aromatic carbocycles. The van der Waals surface area contributed by atoms with Gasteiger partial charge in [0, 0.05) is 31.7 Å². The van der Waals surface area contributed by atoms with Crippen molar-refractivity contribution in [2.75, 3.05) is 20.2 Å². The maximum absolute atomic E-state index is 12.8. The highest BCUT2D eigenvalue weighted by Crippen LogP contribution is 2.31. The minimum atomic E-state index is -0.262. The van der Waals surface area contributed by atoms with Gasteiger partial charge in [-0.2, -0.15) is 0 Å². The third-order valence-electron chi connectivity index (χ3n) is 5.41. The Bertz CT molecular complexity index is 827. The molecular formula is C21H31N5O3. The van der Waals surface area contributed by atoms with Crippen LogP contribution in [0.1, 0.15) is 55.8 Å². The van der Waals surface area contributed by atoms with Crippen LogP contribution in [-0.4, -0.2) is 57.9 Å². The second-order valence-electron chi connectivity index (χ2n) is 7.81. The van der Waals surface area contributed by atoms with Crippen molar-refractivity contribution in [1.82, 2.24) is 25.0 Å². The Morgan fingerprint density at radius 2 is 1.93 bits per heavy atom. The van der Waals surface area contributed by atoms with E-state index in [0.29, 0.717) is 28.9 Å². The van der Waals surface area contributed by atoms with Crippen LogP contribution in [0.15, 0.2) is 24.5 Å². The summed E-state index contributed by atoms with van der Waals surface area (Å²) >= 11 is 0. The minimum Gasteiger partial charge on any atom is -0.493 e. The number of aryl methyl sites for hydroxylation is 1. The van der Waals surface area contributed by atoms with Gasteiger partial charge in [-0.05, 0) is 51.8 Å². The van der Waals surface area contributed by atoms with Gasteiger partial charge in [-0.3, -0.25) is 4.79 Å². The van der Waals surface area contributed by atoms with E-state index >= 15 is 0 Å². The average molecular weight is 402 g/mol. The lowest BCUT2D eigenvalue weighted by Crippen LogP contribution is -2.41. The number of hydrogen-bond donors (Lipinski definition) is 1. The van der Waals surface area contributed by atoms with Crippen LogP contribution in [-0.2, 0) is 7.05 Å². The lowest BCUT2D eigenvalue weighted by Gasteiger charge is -2.34. The fourth-order valence-corrected chi connectivity index (χ4v) is 3.63. The van der Waals surface area contributed by atoms with E-state index in [-0.39, 0.29) is 18.1 Å². The molecule has 29 heavy (non-hydrogen) atoms. The summed E-state index contributed by atoms with van der Waals surface area (Å²) < 4.78 is 13.5. The highest BCUT2D eigenvalue weighted by atomic mass is 16.5. The number of ether oxygens (including phenoxy) is 2. The smallest absolute Gasteiger partial charge is 0.252 e. The lowest BCUT2D eigenvalue weighted by molar-refractivity contribution is 0.0818. The fourth-order valence-electron chi connectivity index (χ4n) is 3.63. The molecule has 2 heterocycles. The first-order valence-corrected chi connectivity index (χ1v) is 10.1. The molecular weight excluding hydrogens is 370 g/mol. The maximum atomic E-state index is 12.8. The molecule has 0 aliphatic carbocycles. The van der Waals surface area contributed by atoms with Crippen molar-refractivity contribution in [3.63, 3.8) is 0 Å². The number of piperidine rings is 1. The Labute approximate surface area is 172 Å². The summed E-state index contributed by atoms with van der Waals surface area (Å²) in [6.07, 6.45) is 3.65. The number of amides is 1. The molecule has 1 aromatic heterocycles. The van der Waals surface area contributed by atoms with Gasteiger partial charge in [0.1, 0.15) is 12.4 Å². The van der Waals surface area contributed by atoms with Crippen molar-refractivity contribution in [1.29, 1.82) is 0 Å². The van der Waals surface area contributed by atoms with Crippen LogP contribution in [0, 0.1) is 0 Å². The van der Waals surface area contributed by atoms with E-state index in [4.69, 9.17) is 9.47 Å². The van der Waals surface area contributed by atoms with Gasteiger partial charge >= 0.3 is 0 Å². The summed E-state index contributed by atoms with van der Waals surface area (Å²) in [5.74, 6) is 1.74. The molecule has 1 N–H and O–H groups in total. The van der Waals surface area contributed by atoms with Crippen LogP contribution < -0.4 is 14.8 Å². The monoisotopic (exact) mass is 401 g/mol. The summed E-state index contributed by atoms with van der Waals surface area (Å²) in [4.78, 5) is 15.2. The molecule has 0 saturated carbocycles. The number of nitrogens with one attached hydrogen (secondary N) is 1. The molecule has 1 amide bonds. The molecule has 2 aromatic rings. The number of benzene rings is 1. The molecule has 158 valence electrons. The maximum Gasteiger partial charge on any atom is 0.252 e. The quantitative estimate of drug-likeness (QED) is 0.768. The van der Waals surface area contributed by atoms with E-state index in [9.17, 15) is 4.79 Å². The van der Waals surface area contributed by atoms with Gasteiger partial charge in [0.25, 0.3) is 5.91 Å². The zero-order valence-electron chi connectivity index (χ0n) is 17.9. The van der Waals surface area contributed by atoms with Gasteiger partial charge in [0.05, 0.1) is 13.2 Å². The van der Waals surface area contributed by atoms with Crippen molar-refractivity contribution in [2.24, 2.45) is 7.05 Å². The normalized spacial score (nSPS) is 16.6. The zero-order valence-corrected chi connectivity index (χ0v) is 17.9. The standard InChI is InChI=1S/C21H31N5O3/c1-14(2)26-10-8-17(9-11-26)29-19-12-16(6-7-18(19)28-5)21(27)23-15(3)20-24-22-13-25(20)4/h6-7,12-15,17H,8-11H2,1-5H3,(H,23,27)/t15-/m0/s1. The summed E-state index contributed by atoms with van der Waals surface area (Å²) in [5, 5.41) is 10.9. The van der Waals surface area contributed by atoms with Crippen molar-refractivity contribution in [3.8, 4) is 11.5 Å². The van der Waals surface area contributed by atoms with E-state index in [1.54, 1.807) is 36.2 Å². The third-order valence-corrected chi connectivity index (χ3v) is 5.41. The van der Waals surface area contributed by atoms with Gasteiger partial charge in [0.2, 0.25) is 0 Å². The van der Waals surface area contributed by atoms with Crippen LogP contribution >= 0.6 is 0 Å². The van der Waals surface area contributed by atoms with Crippen LogP contribution in [0.3, 0.4) is 0 Å². The Balaban J connectivity index is 1.68. The lowest BCUT2D eigenvalue weighted by atomic mass is 10.1. The number of rotatable bonds is 7. The minimum absolute atomic E-state index is 0.120. The number of aromatic nitrogens is 3. The number of hydrogen-bond acceptors (Lipinski definition) is 6. The van der Waals surface area contributed by atoms with E-state index in [1.165, 1.54) is 0 Å². The number of methoxy groups -OCH3 is 1. The first-order chi connectivity index (χ1) is 13.9. The summed E-state index contributed by atoms with van der Waals surface area (Å²) in [7, 11) is 3.46. The van der Waals surface area contributed by atoms with Crippen molar-refractivity contribution < 1.29 is 14.3 Å². The summed E-state index contributed by atoms with van der Waals surface area (Å²) in [6.45, 7) is 8.34. The van der Waals surface area contributed by atoms with Crippen LogP contribution in [0.4, 0.5) is 0 Å². The second-order valence-corrected chi connectivity index (χ2v) is 7.81. The summed E-state index contributed by atoms with van der Waals surface area (Å²) in [6, 6.07) is 5.56. The van der Waals surface area contributed by atoms with E-state index in [2.05, 4.69) is 34.3 Å². The van der Waals surface area contributed by atoms with Crippen molar-refractivity contribution in [2.45, 2.75) is 51.8 Å². The molecule has 0 unspecified atom stereocenters. The summed E-state index contributed by atoms with van der Waals surface area (Å²) in [5.41, 5.74) is 0.523. The van der Waals surface area contributed by atoms with E-state index in [1.807, 2.05) is 14.0 Å². The van der Waals surface area contributed by atoms with Gasteiger partial charge in [0.15, 0.2) is 17.3 Å². The largest absolute Gasteiger partial charge is 0.493 e. The van der Waals surface area contributed by atoms with E-state index < -0.39 is 0 Å². The Morgan fingerprint density at radius 1 is 1.21 bits per heavy atom. The molecule has 1 fully saturated rings. The molecule has 1 saturated heterocycles. The number of carbonyl (C=O) groups excluding carboxylic acids is 1. The van der Waals surface area contributed by atoms with Crippen LogP contribution in [0.25, 0.3) is 0 Å². The molecule has 1 aliphatic heterocycles. The van der Waals surface area contributed by atoms with Gasteiger partial charge in [-0.15, -0.1) is 10.2 Å². The molecule has 0 bridgehead atoms. The highest BCUT2D eigenvalue weighted by molar-refractivity contribution is 5.95. The van der Waals surface area contributed by atoms with Crippen molar-refractivity contribution >= 4 is 5.91 Å². The molecule has 1 aliphatic rings. The third kappa shape index (κ3) is 5.06. The number of nitrogens with zero attached hydrogens (tertiary/aromatic N) is 4. The van der Waals surface area contributed by atoms with Crippen LogP contribution in [0.5, 0.6) is 11.5 Å². The van der Waals surface area contributed by atoms with E-state index in [0.717, 1.165) is 25.9 Å². The van der Waals surface area contributed by atoms with Gasteiger partial charge in [-0.25, -0.2) is 0 Å². The SMILES string of the molecule is COc1ccc(C(=O)N[C@@H](C)c2nncn2C)cc1OC1CCN(C(C)C)CC1. The number of likely N-dealkylation sites (tertiary alicyclic amines) is 1. The second kappa shape index (κ2) is 9.26. The highest BCUT2D eigenvalue weighted by Gasteiger charge is 2.24.